The summed E-state index contributed by atoms with van der Waals surface area (Å²) in [5.74, 6) is 1.37. The summed E-state index contributed by atoms with van der Waals surface area (Å²) in [6, 6.07) is 12.3. The van der Waals surface area contributed by atoms with Crippen molar-refractivity contribution in [1.82, 2.24) is 4.72 Å². The molecule has 31 heavy (non-hydrogen) atoms. The number of fused-ring (bicyclic) bond motifs is 1. The summed E-state index contributed by atoms with van der Waals surface area (Å²) >= 11 is 0. The molecule has 1 heterocycles. The van der Waals surface area contributed by atoms with Crippen molar-refractivity contribution in [2.75, 3.05) is 18.6 Å². The van der Waals surface area contributed by atoms with Crippen LogP contribution in [-0.4, -0.2) is 28.0 Å². The molecule has 7 heteroatoms. The van der Waals surface area contributed by atoms with Gasteiger partial charge >= 0.3 is 0 Å². The van der Waals surface area contributed by atoms with Crippen molar-refractivity contribution in [1.29, 1.82) is 0 Å². The van der Waals surface area contributed by atoms with Gasteiger partial charge in [-0.1, -0.05) is 26.0 Å². The van der Waals surface area contributed by atoms with Gasteiger partial charge in [-0.2, -0.15) is 0 Å². The van der Waals surface area contributed by atoms with E-state index in [-0.39, 0.29) is 22.8 Å². The number of sulfonamides is 1. The molecule has 0 saturated heterocycles. The molecule has 1 amide bonds. The Balaban J connectivity index is 1.57. The highest BCUT2D eigenvalue weighted by Crippen LogP contribution is 2.37. The summed E-state index contributed by atoms with van der Waals surface area (Å²) in [5, 5.41) is 0. The van der Waals surface area contributed by atoms with Crippen molar-refractivity contribution in [3.05, 3.63) is 53.6 Å². The van der Waals surface area contributed by atoms with Crippen LogP contribution in [0.4, 0.5) is 5.69 Å². The van der Waals surface area contributed by atoms with Gasteiger partial charge in [0.2, 0.25) is 15.9 Å². The Morgan fingerprint density at radius 3 is 2.48 bits per heavy atom. The summed E-state index contributed by atoms with van der Waals surface area (Å²) in [6.07, 6.45) is 3.29. The molecule has 6 nitrogen and oxygen atoms in total. The van der Waals surface area contributed by atoms with Crippen LogP contribution in [0.2, 0.25) is 0 Å². The van der Waals surface area contributed by atoms with Crippen LogP contribution < -0.4 is 14.4 Å². The van der Waals surface area contributed by atoms with Crippen LogP contribution in [0.25, 0.3) is 0 Å². The van der Waals surface area contributed by atoms with Gasteiger partial charge in [-0.25, -0.2) is 13.1 Å². The van der Waals surface area contributed by atoms with Gasteiger partial charge in [0.1, 0.15) is 5.75 Å². The largest absolute Gasteiger partial charge is 0.497 e. The number of rotatable bonds is 8. The maximum absolute atomic E-state index is 13.2. The molecule has 0 bridgehead atoms. The van der Waals surface area contributed by atoms with Crippen LogP contribution in [0, 0.1) is 11.8 Å². The first-order chi connectivity index (χ1) is 14.8. The van der Waals surface area contributed by atoms with E-state index >= 15 is 0 Å². The third-order valence-electron chi connectivity index (χ3n) is 5.97. The quantitative estimate of drug-likeness (QED) is 0.669. The molecular formula is C24H30N2O4S. The lowest BCUT2D eigenvalue weighted by atomic mass is 9.98. The number of anilines is 1. The Morgan fingerprint density at radius 2 is 1.87 bits per heavy atom. The molecular weight excluding hydrogens is 412 g/mol. The normalized spacial score (nSPS) is 17.0. The molecule has 2 aromatic rings. The molecule has 1 aliphatic heterocycles. The second-order valence-corrected chi connectivity index (χ2v) is 10.6. The first kappa shape index (κ1) is 21.8. The predicted octanol–water partition coefficient (Wildman–Crippen LogP) is 4.06. The number of carbonyl (C=O) groups excluding carboxylic acids is 1. The summed E-state index contributed by atoms with van der Waals surface area (Å²) in [6.45, 7) is 4.78. The maximum atomic E-state index is 13.2. The fourth-order valence-electron chi connectivity index (χ4n) is 4.14. The Labute approximate surface area is 184 Å². The van der Waals surface area contributed by atoms with Crippen LogP contribution in [0.3, 0.4) is 0 Å². The van der Waals surface area contributed by atoms with Gasteiger partial charge in [0.25, 0.3) is 0 Å². The highest BCUT2D eigenvalue weighted by atomic mass is 32.2. The fraction of sp³-hybridized carbons (Fsp3) is 0.458. The number of hydrogen-bond donors (Lipinski definition) is 1. The third-order valence-corrected chi connectivity index (χ3v) is 7.44. The van der Waals surface area contributed by atoms with Crippen LogP contribution in [-0.2, 0) is 21.2 Å². The Bertz CT molecular complexity index is 1060. The zero-order chi connectivity index (χ0) is 22.2. The SMILES string of the molecule is COc1ccc([C@@H](CC(C)C)NS(=O)(=O)c2ccc3c(c2)CCN3C(=O)C2CC2)cc1. The van der Waals surface area contributed by atoms with Gasteiger partial charge in [0.05, 0.1) is 12.0 Å². The van der Waals surface area contributed by atoms with E-state index in [1.54, 1.807) is 25.3 Å². The van der Waals surface area contributed by atoms with E-state index in [4.69, 9.17) is 4.74 Å². The van der Waals surface area contributed by atoms with Gasteiger partial charge < -0.3 is 9.64 Å². The van der Waals surface area contributed by atoms with Crippen LogP contribution >= 0.6 is 0 Å². The Morgan fingerprint density at radius 1 is 1.16 bits per heavy atom. The number of amides is 1. The van der Waals surface area contributed by atoms with Crippen LogP contribution in [0.5, 0.6) is 5.75 Å². The van der Waals surface area contributed by atoms with Crippen molar-refractivity contribution in [3.63, 3.8) is 0 Å². The average Bonchev–Trinajstić information content (AvgIpc) is 3.51. The molecule has 1 N–H and O–H groups in total. The lowest BCUT2D eigenvalue weighted by Gasteiger charge is -2.22. The highest BCUT2D eigenvalue weighted by Gasteiger charge is 2.37. The van der Waals surface area contributed by atoms with Crippen molar-refractivity contribution in [2.24, 2.45) is 11.8 Å². The molecule has 0 aromatic heterocycles. The molecule has 166 valence electrons. The van der Waals surface area contributed by atoms with Crippen LogP contribution in [0.1, 0.15) is 50.3 Å². The minimum atomic E-state index is -3.72. The molecule has 1 aliphatic carbocycles. The fourth-order valence-corrected chi connectivity index (χ4v) is 5.43. The molecule has 1 saturated carbocycles. The Kier molecular flexibility index (Phi) is 6.08. The zero-order valence-electron chi connectivity index (χ0n) is 18.3. The lowest BCUT2D eigenvalue weighted by Crippen LogP contribution is -2.30. The van der Waals surface area contributed by atoms with Crippen molar-refractivity contribution in [2.45, 2.75) is 50.5 Å². The van der Waals surface area contributed by atoms with E-state index in [1.165, 1.54) is 0 Å². The first-order valence-corrected chi connectivity index (χ1v) is 12.4. The number of methoxy groups -OCH3 is 1. The van der Waals surface area contributed by atoms with Crippen molar-refractivity contribution in [3.8, 4) is 5.75 Å². The number of carbonyl (C=O) groups is 1. The molecule has 0 unspecified atom stereocenters. The van der Waals surface area contributed by atoms with Gasteiger partial charge in [0.15, 0.2) is 0 Å². The van der Waals surface area contributed by atoms with Crippen molar-refractivity contribution >= 4 is 21.6 Å². The molecule has 0 radical (unpaired) electrons. The number of nitrogens with one attached hydrogen (secondary N) is 1. The summed E-state index contributed by atoms with van der Waals surface area (Å²) in [7, 11) is -2.11. The number of hydrogen-bond acceptors (Lipinski definition) is 4. The summed E-state index contributed by atoms with van der Waals surface area (Å²) < 4.78 is 34.6. The minimum absolute atomic E-state index is 0.150. The molecule has 1 fully saturated rings. The van der Waals surface area contributed by atoms with E-state index < -0.39 is 10.0 Å². The molecule has 1 atom stereocenters. The maximum Gasteiger partial charge on any atom is 0.241 e. The van der Waals surface area contributed by atoms with E-state index in [0.29, 0.717) is 25.3 Å². The average molecular weight is 443 g/mol. The highest BCUT2D eigenvalue weighted by molar-refractivity contribution is 7.89. The summed E-state index contributed by atoms with van der Waals surface area (Å²) in [4.78, 5) is 14.5. The number of nitrogens with zero attached hydrogens (tertiary/aromatic N) is 1. The molecule has 4 rings (SSSR count). The monoisotopic (exact) mass is 442 g/mol. The second-order valence-electron chi connectivity index (χ2n) is 8.88. The lowest BCUT2D eigenvalue weighted by molar-refractivity contribution is -0.119. The van der Waals surface area contributed by atoms with E-state index in [1.807, 2.05) is 29.2 Å². The third kappa shape index (κ3) is 4.77. The molecule has 0 spiro atoms. The second kappa shape index (κ2) is 8.63. The smallest absolute Gasteiger partial charge is 0.241 e. The standard InChI is InChI=1S/C24H30N2O4S/c1-16(2)14-22(17-6-8-20(30-3)9-7-17)25-31(28,29)21-10-11-23-19(15-21)12-13-26(23)24(27)18-4-5-18/h6-11,15-16,18,22,25H,4-5,12-14H2,1-3H3/t22-/m1/s1. The number of ether oxygens (including phenoxy) is 1. The van der Waals surface area contributed by atoms with Gasteiger partial charge in [0, 0.05) is 24.2 Å². The zero-order valence-corrected chi connectivity index (χ0v) is 19.1. The number of benzene rings is 2. The topological polar surface area (TPSA) is 75.7 Å². The first-order valence-electron chi connectivity index (χ1n) is 10.9. The van der Waals surface area contributed by atoms with E-state index in [0.717, 1.165) is 35.4 Å². The van der Waals surface area contributed by atoms with Gasteiger partial charge in [-0.3, -0.25) is 4.79 Å². The molecule has 2 aromatic carbocycles. The predicted molar refractivity (Wildman–Crippen MR) is 121 cm³/mol. The van der Waals surface area contributed by atoms with Crippen molar-refractivity contribution < 1.29 is 17.9 Å². The van der Waals surface area contributed by atoms with E-state index in [2.05, 4.69) is 18.6 Å². The van der Waals surface area contributed by atoms with Crippen LogP contribution in [0.15, 0.2) is 47.4 Å². The van der Waals surface area contributed by atoms with Gasteiger partial charge in [-0.05, 0) is 73.1 Å². The van der Waals surface area contributed by atoms with Gasteiger partial charge in [-0.15, -0.1) is 0 Å². The summed E-state index contributed by atoms with van der Waals surface area (Å²) in [5.41, 5.74) is 2.67. The minimum Gasteiger partial charge on any atom is -0.497 e. The van der Waals surface area contributed by atoms with E-state index in [9.17, 15) is 13.2 Å². The molecule has 2 aliphatic rings. The Hall–Kier alpha value is -2.38.